The fourth-order valence-electron chi connectivity index (χ4n) is 1.76. The number of nitrogens with zero attached hydrogens (tertiary/aromatic N) is 1. The minimum Gasteiger partial charge on any atom is -0.377 e. The first kappa shape index (κ1) is 13.6. The van der Waals surface area contributed by atoms with Gasteiger partial charge in [0.1, 0.15) is 0 Å². The molecular weight excluding hydrogens is 262 g/mol. The predicted octanol–water partition coefficient (Wildman–Crippen LogP) is 2.38. The molecule has 1 atom stereocenters. The van der Waals surface area contributed by atoms with E-state index in [1.165, 1.54) is 0 Å². The highest BCUT2D eigenvalue weighted by Crippen LogP contribution is 2.19. The molecule has 0 saturated heterocycles. The molecule has 0 bridgehead atoms. The fourth-order valence-corrected chi connectivity index (χ4v) is 2.64. The summed E-state index contributed by atoms with van der Waals surface area (Å²) in [5, 5.41) is 10.1. The van der Waals surface area contributed by atoms with Crippen LogP contribution in [0.1, 0.15) is 25.6 Å². The number of aromatic amines is 1. The van der Waals surface area contributed by atoms with Gasteiger partial charge in [0.25, 0.3) is 0 Å². The highest BCUT2D eigenvalue weighted by molar-refractivity contribution is 7.91. The molecule has 0 fully saturated rings. The van der Waals surface area contributed by atoms with Crippen molar-refractivity contribution in [2.45, 2.75) is 24.8 Å². The second-order valence-corrected chi connectivity index (χ2v) is 6.58. The summed E-state index contributed by atoms with van der Waals surface area (Å²) in [5.74, 6) is 0.115. The molecule has 19 heavy (non-hydrogen) atoms. The smallest absolute Gasteiger partial charge is 0.178 e. The summed E-state index contributed by atoms with van der Waals surface area (Å²) >= 11 is 0. The van der Waals surface area contributed by atoms with Crippen LogP contribution in [0.25, 0.3) is 0 Å². The lowest BCUT2D eigenvalue weighted by atomic mass is 10.2. The largest absolute Gasteiger partial charge is 0.377 e. The molecule has 1 unspecified atom stereocenters. The third-order valence-corrected chi connectivity index (χ3v) is 4.72. The number of sulfone groups is 1. The van der Waals surface area contributed by atoms with Crippen LogP contribution in [0.2, 0.25) is 0 Å². The lowest BCUT2D eigenvalue weighted by molar-refractivity contribution is 0.597. The number of hydrogen-bond acceptors (Lipinski definition) is 4. The molecule has 0 aliphatic rings. The Kier molecular flexibility index (Phi) is 3.90. The zero-order chi connectivity index (χ0) is 13.9. The second-order valence-electron chi connectivity index (χ2n) is 4.31. The van der Waals surface area contributed by atoms with Crippen LogP contribution in [0.3, 0.4) is 0 Å². The number of benzene rings is 1. The molecule has 0 aliphatic heterocycles. The third-order valence-electron chi connectivity index (χ3n) is 2.97. The SMILES string of the molecule is CCS(=O)(=O)c1ccc(NC(C)c2ccn[nH]2)cc1. The Balaban J connectivity index is 2.11. The van der Waals surface area contributed by atoms with E-state index < -0.39 is 9.84 Å². The number of hydrogen-bond donors (Lipinski definition) is 2. The van der Waals surface area contributed by atoms with Gasteiger partial charge in [-0.3, -0.25) is 5.10 Å². The highest BCUT2D eigenvalue weighted by atomic mass is 32.2. The molecule has 1 aromatic heterocycles. The van der Waals surface area contributed by atoms with Crippen molar-refractivity contribution in [1.82, 2.24) is 10.2 Å². The summed E-state index contributed by atoms with van der Waals surface area (Å²) in [5.41, 5.74) is 1.85. The lowest BCUT2D eigenvalue weighted by Gasteiger charge is -2.13. The van der Waals surface area contributed by atoms with E-state index in [0.717, 1.165) is 11.4 Å². The van der Waals surface area contributed by atoms with Crippen molar-refractivity contribution in [1.29, 1.82) is 0 Å². The van der Waals surface area contributed by atoms with Crippen LogP contribution in [0.4, 0.5) is 5.69 Å². The topological polar surface area (TPSA) is 74.8 Å². The van der Waals surface area contributed by atoms with Crippen molar-refractivity contribution in [2.75, 3.05) is 11.1 Å². The summed E-state index contributed by atoms with van der Waals surface area (Å²) in [4.78, 5) is 0.356. The molecule has 0 spiro atoms. The molecule has 0 saturated carbocycles. The van der Waals surface area contributed by atoms with Crippen molar-refractivity contribution < 1.29 is 8.42 Å². The average Bonchev–Trinajstić information content (AvgIpc) is 2.93. The van der Waals surface area contributed by atoms with E-state index >= 15 is 0 Å². The van der Waals surface area contributed by atoms with E-state index in [2.05, 4.69) is 15.5 Å². The Morgan fingerprint density at radius 3 is 2.47 bits per heavy atom. The molecule has 0 aliphatic carbocycles. The minimum absolute atomic E-state index is 0.0798. The number of nitrogens with one attached hydrogen (secondary N) is 2. The molecule has 1 heterocycles. The molecular formula is C13H17N3O2S. The summed E-state index contributed by atoms with van der Waals surface area (Å²) in [6.45, 7) is 3.64. The third kappa shape index (κ3) is 3.14. The average molecular weight is 279 g/mol. The quantitative estimate of drug-likeness (QED) is 0.881. The van der Waals surface area contributed by atoms with Crippen LogP contribution in [0.5, 0.6) is 0 Å². The number of anilines is 1. The first-order chi connectivity index (χ1) is 9.03. The first-order valence-corrected chi connectivity index (χ1v) is 7.77. The van der Waals surface area contributed by atoms with Crippen molar-refractivity contribution in [2.24, 2.45) is 0 Å². The van der Waals surface area contributed by atoms with E-state index in [9.17, 15) is 8.42 Å². The van der Waals surface area contributed by atoms with E-state index in [4.69, 9.17) is 0 Å². The summed E-state index contributed by atoms with van der Waals surface area (Å²) in [6, 6.07) is 8.77. The zero-order valence-corrected chi connectivity index (χ0v) is 11.7. The Bertz CT molecular complexity index is 618. The Hall–Kier alpha value is -1.82. The van der Waals surface area contributed by atoms with Gasteiger partial charge in [-0.15, -0.1) is 0 Å². The van der Waals surface area contributed by atoms with Crippen LogP contribution in [0, 0.1) is 0 Å². The fraction of sp³-hybridized carbons (Fsp3) is 0.308. The number of rotatable bonds is 5. The van der Waals surface area contributed by atoms with E-state index in [-0.39, 0.29) is 11.8 Å². The monoisotopic (exact) mass is 279 g/mol. The summed E-state index contributed by atoms with van der Waals surface area (Å²) in [6.07, 6.45) is 1.70. The van der Waals surface area contributed by atoms with Gasteiger partial charge in [0.05, 0.1) is 22.4 Å². The molecule has 102 valence electrons. The molecule has 2 aromatic rings. The molecule has 5 nitrogen and oxygen atoms in total. The van der Waals surface area contributed by atoms with Crippen LogP contribution >= 0.6 is 0 Å². The normalized spacial score (nSPS) is 13.2. The van der Waals surface area contributed by atoms with Crippen LogP contribution in [0.15, 0.2) is 41.4 Å². The minimum atomic E-state index is -3.13. The van der Waals surface area contributed by atoms with Crippen molar-refractivity contribution in [3.63, 3.8) is 0 Å². The Morgan fingerprint density at radius 1 is 1.26 bits per heavy atom. The highest BCUT2D eigenvalue weighted by Gasteiger charge is 2.11. The number of aromatic nitrogens is 2. The van der Waals surface area contributed by atoms with Gasteiger partial charge in [-0.2, -0.15) is 5.10 Å². The van der Waals surface area contributed by atoms with Crippen molar-refractivity contribution in [3.8, 4) is 0 Å². The van der Waals surface area contributed by atoms with Crippen molar-refractivity contribution in [3.05, 3.63) is 42.2 Å². The zero-order valence-electron chi connectivity index (χ0n) is 10.9. The lowest BCUT2D eigenvalue weighted by Crippen LogP contribution is -2.08. The molecule has 2 N–H and O–H groups in total. The molecule has 2 rings (SSSR count). The molecule has 1 aromatic carbocycles. The Labute approximate surface area is 113 Å². The van der Waals surface area contributed by atoms with Crippen LogP contribution in [-0.4, -0.2) is 24.4 Å². The number of H-pyrrole nitrogens is 1. The van der Waals surface area contributed by atoms with E-state index in [1.54, 1.807) is 37.4 Å². The summed E-state index contributed by atoms with van der Waals surface area (Å²) < 4.78 is 23.4. The predicted molar refractivity (Wildman–Crippen MR) is 74.8 cm³/mol. The molecule has 0 amide bonds. The second kappa shape index (κ2) is 5.44. The maximum atomic E-state index is 11.7. The van der Waals surface area contributed by atoms with E-state index in [1.807, 2.05) is 13.0 Å². The molecule has 6 heteroatoms. The standard InChI is InChI=1S/C13H17N3O2S/c1-3-19(17,18)12-6-4-11(5-7-12)15-10(2)13-8-9-14-16-13/h4-10,15H,3H2,1-2H3,(H,14,16). The van der Waals surface area contributed by atoms with Crippen molar-refractivity contribution >= 4 is 15.5 Å². The van der Waals surface area contributed by atoms with Gasteiger partial charge in [0.2, 0.25) is 0 Å². The van der Waals surface area contributed by atoms with Gasteiger partial charge < -0.3 is 5.32 Å². The maximum Gasteiger partial charge on any atom is 0.178 e. The van der Waals surface area contributed by atoms with Gasteiger partial charge in [-0.25, -0.2) is 8.42 Å². The van der Waals surface area contributed by atoms with Gasteiger partial charge in [0, 0.05) is 11.9 Å². The summed E-state index contributed by atoms with van der Waals surface area (Å²) in [7, 11) is -3.13. The maximum absolute atomic E-state index is 11.7. The van der Waals surface area contributed by atoms with Gasteiger partial charge >= 0.3 is 0 Å². The van der Waals surface area contributed by atoms with Crippen LogP contribution in [-0.2, 0) is 9.84 Å². The Morgan fingerprint density at radius 2 is 1.95 bits per heavy atom. The first-order valence-electron chi connectivity index (χ1n) is 6.11. The molecule has 0 radical (unpaired) electrons. The van der Waals surface area contributed by atoms with Gasteiger partial charge in [-0.05, 0) is 37.3 Å². The van der Waals surface area contributed by atoms with Gasteiger partial charge in [-0.1, -0.05) is 6.92 Å². The van der Waals surface area contributed by atoms with Gasteiger partial charge in [0.15, 0.2) is 9.84 Å². The van der Waals surface area contributed by atoms with Crippen LogP contribution < -0.4 is 5.32 Å². The van der Waals surface area contributed by atoms with E-state index in [0.29, 0.717) is 4.90 Å².